The Bertz CT molecular complexity index is 328. The fraction of sp³-hybridized carbons (Fsp3) is 0.833. The van der Waals surface area contributed by atoms with E-state index in [0.29, 0.717) is 5.92 Å². The zero-order valence-corrected chi connectivity index (χ0v) is 12.9. The molecule has 0 aliphatic heterocycles. The van der Waals surface area contributed by atoms with Crippen molar-refractivity contribution in [3.05, 3.63) is 12.3 Å². The number of hydrogen-bond donors (Lipinski definition) is 0. The average Bonchev–Trinajstić information content (AvgIpc) is 2.52. The largest absolute Gasteiger partial charge is 0.505 e. The third kappa shape index (κ3) is 4.54. The first-order valence-corrected chi connectivity index (χ1v) is 8.41. The molecule has 2 rings (SSSR count). The predicted octanol–water partition coefficient (Wildman–Crippen LogP) is 5.06. The number of hydrogen-bond acceptors (Lipinski definition) is 2. The summed E-state index contributed by atoms with van der Waals surface area (Å²) in [6.45, 7) is 0. The van der Waals surface area contributed by atoms with Gasteiger partial charge in [0.1, 0.15) is 0 Å². The van der Waals surface area contributed by atoms with Gasteiger partial charge >= 0.3 is 0 Å². The fourth-order valence-electron chi connectivity index (χ4n) is 4.16. The molecule has 2 fully saturated rings. The first-order chi connectivity index (χ1) is 9.83. The standard InChI is InChI=1S/C18H29NO/c1-20-13-3-2-4-15-5-9-17(10-6-15)18-11-7-16(14-19)8-12-18/h3,13,15-18H,2,4-12H2,1H3/b13-3+/t15?,16-,17?,18-. The van der Waals surface area contributed by atoms with E-state index in [1.54, 1.807) is 13.4 Å². The molecule has 2 saturated carbocycles. The van der Waals surface area contributed by atoms with Gasteiger partial charge in [0.15, 0.2) is 0 Å². The number of rotatable bonds is 5. The van der Waals surface area contributed by atoms with E-state index in [1.165, 1.54) is 44.9 Å². The van der Waals surface area contributed by atoms with Crippen LogP contribution in [0.2, 0.25) is 0 Å². The summed E-state index contributed by atoms with van der Waals surface area (Å²) in [7, 11) is 1.71. The zero-order valence-electron chi connectivity index (χ0n) is 12.9. The van der Waals surface area contributed by atoms with E-state index in [2.05, 4.69) is 12.1 Å². The normalized spacial score (nSPS) is 34.8. The molecule has 0 aromatic heterocycles. The van der Waals surface area contributed by atoms with Gasteiger partial charge in [0.25, 0.3) is 0 Å². The van der Waals surface area contributed by atoms with Crippen LogP contribution in [0.5, 0.6) is 0 Å². The Morgan fingerprint density at radius 1 is 1.00 bits per heavy atom. The van der Waals surface area contributed by atoms with E-state index in [1.807, 2.05) is 0 Å². The molecule has 0 atom stereocenters. The average molecular weight is 275 g/mol. The second kappa shape index (κ2) is 8.35. The highest BCUT2D eigenvalue weighted by molar-refractivity contribution is 4.89. The lowest BCUT2D eigenvalue weighted by Crippen LogP contribution is -2.25. The molecule has 2 aliphatic carbocycles. The molecule has 0 radical (unpaired) electrons. The second-order valence-corrected chi connectivity index (χ2v) is 6.71. The molecule has 0 N–H and O–H groups in total. The summed E-state index contributed by atoms with van der Waals surface area (Å²) in [5.74, 6) is 3.17. The molecule has 2 heteroatoms. The summed E-state index contributed by atoms with van der Waals surface area (Å²) in [6.07, 6.45) is 17.1. The third-order valence-corrected chi connectivity index (χ3v) is 5.49. The van der Waals surface area contributed by atoms with Crippen LogP contribution in [0.1, 0.15) is 64.2 Å². The SMILES string of the molecule is CO/C=C/CCC1CCC([C@H]2CC[C@H](C#N)CC2)CC1. The van der Waals surface area contributed by atoms with Gasteiger partial charge in [0.2, 0.25) is 0 Å². The fourth-order valence-corrected chi connectivity index (χ4v) is 4.16. The molecule has 2 aliphatic rings. The molecular formula is C18H29NO. The van der Waals surface area contributed by atoms with Crippen molar-refractivity contribution < 1.29 is 4.74 Å². The predicted molar refractivity (Wildman–Crippen MR) is 81.9 cm³/mol. The van der Waals surface area contributed by atoms with Crippen molar-refractivity contribution in [3.8, 4) is 6.07 Å². The van der Waals surface area contributed by atoms with Crippen LogP contribution in [0, 0.1) is 35.0 Å². The van der Waals surface area contributed by atoms with Crippen molar-refractivity contribution in [3.63, 3.8) is 0 Å². The van der Waals surface area contributed by atoms with Gasteiger partial charge in [-0.1, -0.05) is 12.8 Å². The van der Waals surface area contributed by atoms with E-state index in [-0.39, 0.29) is 0 Å². The Morgan fingerprint density at radius 3 is 2.15 bits per heavy atom. The Balaban J connectivity index is 1.64. The minimum atomic E-state index is 0.357. The van der Waals surface area contributed by atoms with Gasteiger partial charge < -0.3 is 4.74 Å². The van der Waals surface area contributed by atoms with Gasteiger partial charge in [-0.2, -0.15) is 5.26 Å². The Labute approximate surface area is 124 Å². The maximum atomic E-state index is 8.98. The third-order valence-electron chi connectivity index (χ3n) is 5.49. The minimum Gasteiger partial charge on any atom is -0.505 e. The zero-order chi connectivity index (χ0) is 14.2. The van der Waals surface area contributed by atoms with E-state index < -0.39 is 0 Å². The number of methoxy groups -OCH3 is 1. The first kappa shape index (κ1) is 15.4. The summed E-state index contributed by atoms with van der Waals surface area (Å²) >= 11 is 0. The van der Waals surface area contributed by atoms with Gasteiger partial charge in [-0.05, 0) is 75.2 Å². The van der Waals surface area contributed by atoms with Crippen LogP contribution in [0.3, 0.4) is 0 Å². The van der Waals surface area contributed by atoms with Crippen molar-refractivity contribution in [2.75, 3.05) is 7.11 Å². The number of allylic oxidation sites excluding steroid dienone is 1. The summed E-state index contributed by atoms with van der Waals surface area (Å²) in [4.78, 5) is 0. The van der Waals surface area contributed by atoms with E-state index in [9.17, 15) is 0 Å². The van der Waals surface area contributed by atoms with E-state index in [0.717, 1.165) is 37.0 Å². The molecule has 0 heterocycles. The lowest BCUT2D eigenvalue weighted by Gasteiger charge is -2.36. The van der Waals surface area contributed by atoms with Crippen LogP contribution in [0.15, 0.2) is 12.3 Å². The van der Waals surface area contributed by atoms with Crippen molar-refractivity contribution in [1.82, 2.24) is 0 Å². The van der Waals surface area contributed by atoms with Crippen LogP contribution >= 0.6 is 0 Å². The molecule has 0 saturated heterocycles. The Morgan fingerprint density at radius 2 is 1.60 bits per heavy atom. The van der Waals surface area contributed by atoms with Crippen LogP contribution < -0.4 is 0 Å². The van der Waals surface area contributed by atoms with Crippen molar-refractivity contribution in [2.45, 2.75) is 64.2 Å². The molecule has 0 unspecified atom stereocenters. The monoisotopic (exact) mass is 275 g/mol. The summed E-state index contributed by atoms with van der Waals surface area (Å²) in [5, 5.41) is 8.98. The van der Waals surface area contributed by atoms with E-state index >= 15 is 0 Å². The van der Waals surface area contributed by atoms with Gasteiger partial charge in [0, 0.05) is 5.92 Å². The quantitative estimate of drug-likeness (QED) is 0.657. The van der Waals surface area contributed by atoms with Crippen LogP contribution in [-0.2, 0) is 4.74 Å². The van der Waals surface area contributed by atoms with Gasteiger partial charge in [-0.3, -0.25) is 0 Å². The Hall–Kier alpha value is -0.970. The smallest absolute Gasteiger partial charge is 0.0784 e. The maximum Gasteiger partial charge on any atom is 0.0784 e. The minimum absolute atomic E-state index is 0.357. The van der Waals surface area contributed by atoms with Crippen LogP contribution in [-0.4, -0.2) is 7.11 Å². The van der Waals surface area contributed by atoms with Crippen molar-refractivity contribution >= 4 is 0 Å². The van der Waals surface area contributed by atoms with Crippen LogP contribution in [0.4, 0.5) is 0 Å². The molecular weight excluding hydrogens is 246 g/mol. The lowest BCUT2D eigenvalue weighted by molar-refractivity contribution is 0.154. The van der Waals surface area contributed by atoms with Crippen molar-refractivity contribution in [1.29, 1.82) is 5.26 Å². The number of nitrogens with zero attached hydrogens (tertiary/aromatic N) is 1. The molecule has 2 nitrogen and oxygen atoms in total. The van der Waals surface area contributed by atoms with Crippen molar-refractivity contribution in [2.24, 2.45) is 23.7 Å². The first-order valence-electron chi connectivity index (χ1n) is 8.41. The molecule has 0 spiro atoms. The topological polar surface area (TPSA) is 33.0 Å². The maximum absolute atomic E-state index is 8.98. The molecule has 0 amide bonds. The Kier molecular flexibility index (Phi) is 6.43. The summed E-state index contributed by atoms with van der Waals surface area (Å²) < 4.78 is 4.94. The van der Waals surface area contributed by atoms with E-state index in [4.69, 9.17) is 10.00 Å². The highest BCUT2D eigenvalue weighted by atomic mass is 16.5. The summed E-state index contributed by atoms with van der Waals surface area (Å²) in [6, 6.07) is 2.45. The highest BCUT2D eigenvalue weighted by Gasteiger charge is 2.30. The highest BCUT2D eigenvalue weighted by Crippen LogP contribution is 2.42. The molecule has 0 bridgehead atoms. The van der Waals surface area contributed by atoms with Gasteiger partial charge in [0.05, 0.1) is 19.4 Å². The van der Waals surface area contributed by atoms with Gasteiger partial charge in [-0.25, -0.2) is 0 Å². The second-order valence-electron chi connectivity index (χ2n) is 6.71. The number of nitriles is 1. The number of ether oxygens (including phenoxy) is 1. The van der Waals surface area contributed by atoms with Gasteiger partial charge in [-0.15, -0.1) is 0 Å². The molecule has 20 heavy (non-hydrogen) atoms. The molecule has 0 aromatic rings. The molecule has 0 aromatic carbocycles. The van der Waals surface area contributed by atoms with Crippen LogP contribution in [0.25, 0.3) is 0 Å². The summed E-state index contributed by atoms with van der Waals surface area (Å²) in [5.41, 5.74) is 0. The molecule has 112 valence electrons. The lowest BCUT2D eigenvalue weighted by atomic mass is 9.69.